The minimum atomic E-state index is 0.749. The fourth-order valence-corrected chi connectivity index (χ4v) is 2.02. The first-order valence-electron chi connectivity index (χ1n) is 7.19. The number of rotatable bonds is 8. The van der Waals surface area contributed by atoms with Crippen LogP contribution in [0.2, 0.25) is 0 Å². The number of thiol groups is 1. The van der Waals surface area contributed by atoms with Gasteiger partial charge in [-0.3, -0.25) is 0 Å². The zero-order valence-corrected chi connectivity index (χ0v) is 12.9. The molecule has 0 amide bonds. The lowest BCUT2D eigenvalue weighted by atomic mass is 10.2. The van der Waals surface area contributed by atoms with Crippen molar-refractivity contribution in [1.82, 2.24) is 0 Å². The van der Waals surface area contributed by atoms with Crippen molar-refractivity contribution in [3.05, 3.63) is 54.6 Å². The molecule has 0 saturated heterocycles. The topological polar surface area (TPSA) is 34.0 Å². The van der Waals surface area contributed by atoms with Gasteiger partial charge in [0.25, 0.3) is 0 Å². The summed E-state index contributed by atoms with van der Waals surface area (Å²) < 4.78 is 5.67. The first kappa shape index (κ1) is 15.6. The fourth-order valence-electron chi connectivity index (χ4n) is 1.80. The van der Waals surface area contributed by atoms with E-state index in [9.17, 15) is 0 Å². The molecule has 0 atom stereocenters. The molecule has 0 fully saturated rings. The second-order valence-electron chi connectivity index (χ2n) is 4.66. The first-order chi connectivity index (χ1) is 10.4. The number of nitrogens with zero attached hydrogens (tertiary/aromatic N) is 2. The standard InChI is InChI=1S/C17H20N2OS/c21-14-6-2-5-13-20-17-11-9-16(10-12-17)19-18-15-7-3-1-4-8-15/h1,3-4,7-12,21H,2,5-6,13-14H2. The van der Waals surface area contributed by atoms with Crippen LogP contribution >= 0.6 is 12.6 Å². The molecule has 2 aromatic carbocycles. The largest absolute Gasteiger partial charge is 0.494 e. The van der Waals surface area contributed by atoms with Crippen LogP contribution in [0, 0.1) is 0 Å². The molecular weight excluding hydrogens is 280 g/mol. The van der Waals surface area contributed by atoms with Crippen LogP contribution in [0.5, 0.6) is 5.75 Å². The fraction of sp³-hybridized carbons (Fsp3) is 0.294. The third kappa shape index (κ3) is 6.00. The van der Waals surface area contributed by atoms with Crippen molar-refractivity contribution in [3.63, 3.8) is 0 Å². The highest BCUT2D eigenvalue weighted by molar-refractivity contribution is 7.80. The van der Waals surface area contributed by atoms with Crippen LogP contribution in [0.15, 0.2) is 64.8 Å². The molecule has 4 heteroatoms. The molecule has 0 aliphatic carbocycles. The van der Waals surface area contributed by atoms with E-state index >= 15 is 0 Å². The lowest BCUT2D eigenvalue weighted by molar-refractivity contribution is 0.306. The average molecular weight is 300 g/mol. The van der Waals surface area contributed by atoms with Crippen LogP contribution in [-0.2, 0) is 0 Å². The zero-order chi connectivity index (χ0) is 14.8. The van der Waals surface area contributed by atoms with Crippen LogP contribution in [0.1, 0.15) is 19.3 Å². The van der Waals surface area contributed by atoms with Crippen LogP contribution < -0.4 is 4.74 Å². The molecule has 0 bridgehead atoms. The molecule has 110 valence electrons. The molecule has 0 aliphatic rings. The Labute approximate surface area is 131 Å². The molecule has 0 N–H and O–H groups in total. The van der Waals surface area contributed by atoms with Crippen molar-refractivity contribution < 1.29 is 4.74 Å². The Morgan fingerprint density at radius 2 is 1.43 bits per heavy atom. The predicted molar refractivity (Wildman–Crippen MR) is 90.3 cm³/mol. The highest BCUT2D eigenvalue weighted by Crippen LogP contribution is 2.21. The SMILES string of the molecule is SCCCCCOc1ccc(N=Nc2ccccc2)cc1. The molecule has 2 rings (SSSR count). The second kappa shape index (κ2) is 9.19. The van der Waals surface area contributed by atoms with Gasteiger partial charge in [0, 0.05) is 0 Å². The van der Waals surface area contributed by atoms with E-state index in [1.807, 2.05) is 54.6 Å². The van der Waals surface area contributed by atoms with Gasteiger partial charge in [0.2, 0.25) is 0 Å². The lowest BCUT2D eigenvalue weighted by Gasteiger charge is -2.05. The molecule has 0 saturated carbocycles. The van der Waals surface area contributed by atoms with Gasteiger partial charge in [-0.05, 0) is 61.4 Å². The minimum absolute atomic E-state index is 0.749. The van der Waals surface area contributed by atoms with Gasteiger partial charge in [-0.15, -0.1) is 0 Å². The molecule has 3 nitrogen and oxygen atoms in total. The van der Waals surface area contributed by atoms with Gasteiger partial charge in [0.1, 0.15) is 5.75 Å². The van der Waals surface area contributed by atoms with Crippen LogP contribution in [0.3, 0.4) is 0 Å². The molecule has 2 aromatic rings. The Morgan fingerprint density at radius 1 is 0.762 bits per heavy atom. The number of unbranched alkanes of at least 4 members (excludes halogenated alkanes) is 2. The number of azo groups is 1. The van der Waals surface area contributed by atoms with Gasteiger partial charge in [0.15, 0.2) is 0 Å². The molecule has 0 aromatic heterocycles. The summed E-state index contributed by atoms with van der Waals surface area (Å²) in [7, 11) is 0. The number of hydrogen-bond donors (Lipinski definition) is 1. The molecule has 0 aliphatic heterocycles. The number of benzene rings is 2. The van der Waals surface area contributed by atoms with E-state index in [4.69, 9.17) is 4.74 Å². The second-order valence-corrected chi connectivity index (χ2v) is 5.11. The van der Waals surface area contributed by atoms with Crippen LogP contribution in [0.4, 0.5) is 11.4 Å². The molecule has 0 spiro atoms. The third-order valence-corrected chi connectivity index (χ3v) is 3.26. The van der Waals surface area contributed by atoms with Crippen LogP contribution in [0.25, 0.3) is 0 Å². The van der Waals surface area contributed by atoms with Gasteiger partial charge in [-0.1, -0.05) is 18.2 Å². The van der Waals surface area contributed by atoms with Gasteiger partial charge in [-0.25, -0.2) is 0 Å². The van der Waals surface area contributed by atoms with E-state index in [1.54, 1.807) is 0 Å². The van der Waals surface area contributed by atoms with Gasteiger partial charge < -0.3 is 4.74 Å². The summed E-state index contributed by atoms with van der Waals surface area (Å²) in [6.07, 6.45) is 3.37. The summed E-state index contributed by atoms with van der Waals surface area (Å²) in [6, 6.07) is 17.4. The van der Waals surface area contributed by atoms with E-state index in [0.717, 1.165) is 48.7 Å². The Balaban J connectivity index is 1.80. The maximum absolute atomic E-state index is 5.67. The molecule has 21 heavy (non-hydrogen) atoms. The third-order valence-electron chi connectivity index (χ3n) is 2.95. The summed E-state index contributed by atoms with van der Waals surface area (Å²) in [5, 5.41) is 8.38. The summed E-state index contributed by atoms with van der Waals surface area (Å²) in [5.41, 5.74) is 1.67. The maximum atomic E-state index is 5.67. The zero-order valence-electron chi connectivity index (χ0n) is 12.0. The summed E-state index contributed by atoms with van der Waals surface area (Å²) in [4.78, 5) is 0. The highest BCUT2D eigenvalue weighted by Gasteiger charge is 1.95. The van der Waals surface area contributed by atoms with Crippen molar-refractivity contribution in [2.24, 2.45) is 10.2 Å². The quantitative estimate of drug-likeness (QED) is 0.385. The Hall–Kier alpha value is -1.81. The monoisotopic (exact) mass is 300 g/mol. The molecule has 0 heterocycles. The van der Waals surface area contributed by atoms with E-state index in [-0.39, 0.29) is 0 Å². The Morgan fingerprint density at radius 3 is 2.10 bits per heavy atom. The summed E-state index contributed by atoms with van der Waals surface area (Å²) in [5.74, 6) is 1.82. The predicted octanol–water partition coefficient (Wildman–Crippen LogP) is 5.58. The summed E-state index contributed by atoms with van der Waals surface area (Å²) >= 11 is 4.19. The molecule has 0 radical (unpaired) electrons. The number of ether oxygens (including phenoxy) is 1. The summed E-state index contributed by atoms with van der Waals surface area (Å²) in [6.45, 7) is 0.749. The normalized spacial score (nSPS) is 10.9. The lowest BCUT2D eigenvalue weighted by Crippen LogP contribution is -1.96. The minimum Gasteiger partial charge on any atom is -0.494 e. The first-order valence-corrected chi connectivity index (χ1v) is 7.82. The smallest absolute Gasteiger partial charge is 0.119 e. The average Bonchev–Trinajstić information content (AvgIpc) is 2.55. The van der Waals surface area contributed by atoms with E-state index < -0.39 is 0 Å². The maximum Gasteiger partial charge on any atom is 0.119 e. The van der Waals surface area contributed by atoms with Gasteiger partial charge in [-0.2, -0.15) is 22.9 Å². The molecular formula is C17H20N2OS. The van der Waals surface area contributed by atoms with Crippen LogP contribution in [-0.4, -0.2) is 12.4 Å². The van der Waals surface area contributed by atoms with E-state index in [1.165, 1.54) is 0 Å². The van der Waals surface area contributed by atoms with E-state index in [2.05, 4.69) is 22.9 Å². The highest BCUT2D eigenvalue weighted by atomic mass is 32.1. The van der Waals surface area contributed by atoms with Crippen molar-refractivity contribution in [3.8, 4) is 5.75 Å². The Kier molecular flexibility index (Phi) is 6.81. The van der Waals surface area contributed by atoms with Crippen molar-refractivity contribution in [1.29, 1.82) is 0 Å². The van der Waals surface area contributed by atoms with Gasteiger partial charge >= 0.3 is 0 Å². The Bertz CT molecular complexity index is 540. The van der Waals surface area contributed by atoms with E-state index in [0.29, 0.717) is 0 Å². The van der Waals surface area contributed by atoms with Gasteiger partial charge in [0.05, 0.1) is 18.0 Å². The van der Waals surface area contributed by atoms with Crippen molar-refractivity contribution in [2.45, 2.75) is 19.3 Å². The van der Waals surface area contributed by atoms with Crippen molar-refractivity contribution >= 4 is 24.0 Å². The van der Waals surface area contributed by atoms with Crippen molar-refractivity contribution in [2.75, 3.05) is 12.4 Å². The molecule has 0 unspecified atom stereocenters. The number of hydrogen-bond acceptors (Lipinski definition) is 4.